The lowest BCUT2D eigenvalue weighted by atomic mass is 9.92. The first kappa shape index (κ1) is 25.8. The first-order valence-corrected chi connectivity index (χ1v) is 13.0. The van der Waals surface area contributed by atoms with Gasteiger partial charge in [-0.1, -0.05) is 27.2 Å². The van der Waals surface area contributed by atoms with Gasteiger partial charge in [0.2, 0.25) is 11.9 Å². The minimum Gasteiger partial charge on any atom is -0.326 e. The molecule has 1 aliphatic heterocycles. The molecule has 1 saturated heterocycles. The van der Waals surface area contributed by atoms with Crippen molar-refractivity contribution in [2.75, 3.05) is 30.3 Å². The van der Waals surface area contributed by atoms with E-state index in [4.69, 9.17) is 9.97 Å². The normalized spacial score (nSPS) is 14.7. The molecule has 1 aliphatic rings. The Hall–Kier alpha value is -3.26. The second-order valence-electron chi connectivity index (χ2n) is 10.9. The molecule has 0 atom stereocenters. The number of ketones is 1. The molecule has 4 rings (SSSR count). The number of nitrogens with one attached hydrogen (secondary N) is 2. The number of nitrogens with zero attached hydrogens (tertiary/aromatic N) is 4. The highest BCUT2D eigenvalue weighted by Gasteiger charge is 2.18. The number of likely N-dealkylation sites (tertiary alicyclic amines) is 1. The maximum Gasteiger partial charge on any atom is 0.226 e. The Kier molecular flexibility index (Phi) is 8.04. The number of fused-ring (bicyclic) bond motifs is 1. The SMILES string of the molecule is CC(=O)c1ccc(Nc2nc3ccc(NC(=O)CC(C)(C)C)nc3n2CCCN2CCCCC2)cc1. The summed E-state index contributed by atoms with van der Waals surface area (Å²) in [6.07, 6.45) is 5.27. The van der Waals surface area contributed by atoms with Crippen molar-refractivity contribution in [3.63, 3.8) is 0 Å². The standard InChI is InChI=1S/C28H38N6O2/c1-20(35)21-9-11-22(12-10-21)29-27-30-23-13-14-24(31-25(36)19-28(2,3)4)32-26(23)34(27)18-8-17-33-15-6-5-7-16-33/h9-14H,5-8,15-19H2,1-4H3,(H,29,30)(H,31,32,36). The number of carbonyl (C=O) groups excluding carboxylic acids is 2. The summed E-state index contributed by atoms with van der Waals surface area (Å²) >= 11 is 0. The van der Waals surface area contributed by atoms with Gasteiger partial charge in [-0.3, -0.25) is 14.2 Å². The summed E-state index contributed by atoms with van der Waals surface area (Å²) in [4.78, 5) is 36.3. The molecule has 2 N–H and O–H groups in total. The van der Waals surface area contributed by atoms with Crippen molar-refractivity contribution < 1.29 is 9.59 Å². The van der Waals surface area contributed by atoms with Crippen LogP contribution < -0.4 is 10.6 Å². The number of amides is 1. The van der Waals surface area contributed by atoms with Crippen LogP contribution in [0.2, 0.25) is 0 Å². The molecule has 1 aromatic carbocycles. The van der Waals surface area contributed by atoms with E-state index < -0.39 is 0 Å². The van der Waals surface area contributed by atoms with Gasteiger partial charge in [0.15, 0.2) is 11.4 Å². The van der Waals surface area contributed by atoms with Crippen LogP contribution in [0.5, 0.6) is 0 Å². The smallest absolute Gasteiger partial charge is 0.226 e. The van der Waals surface area contributed by atoms with Crippen molar-refractivity contribution in [2.45, 2.75) is 66.3 Å². The summed E-state index contributed by atoms with van der Waals surface area (Å²) in [6.45, 7) is 11.8. The van der Waals surface area contributed by atoms with Gasteiger partial charge in [-0.2, -0.15) is 0 Å². The third kappa shape index (κ3) is 6.91. The highest BCUT2D eigenvalue weighted by atomic mass is 16.1. The van der Waals surface area contributed by atoms with E-state index in [1.807, 2.05) is 51.1 Å². The van der Waals surface area contributed by atoms with Crippen molar-refractivity contribution >= 4 is 40.3 Å². The molecule has 1 amide bonds. The van der Waals surface area contributed by atoms with E-state index in [0.29, 0.717) is 23.8 Å². The van der Waals surface area contributed by atoms with Gasteiger partial charge in [-0.05, 0) is 87.6 Å². The Morgan fingerprint density at radius 2 is 1.67 bits per heavy atom. The number of anilines is 3. The van der Waals surface area contributed by atoms with E-state index in [9.17, 15) is 9.59 Å². The molecule has 0 aliphatic carbocycles. The molecule has 0 unspecified atom stereocenters. The fourth-order valence-corrected chi connectivity index (χ4v) is 4.60. The van der Waals surface area contributed by atoms with Crippen LogP contribution in [0.1, 0.15) is 70.2 Å². The number of hydrogen-bond donors (Lipinski definition) is 2. The molecule has 0 bridgehead atoms. The molecule has 1 fully saturated rings. The highest BCUT2D eigenvalue weighted by Crippen LogP contribution is 2.25. The highest BCUT2D eigenvalue weighted by molar-refractivity contribution is 5.94. The van der Waals surface area contributed by atoms with Gasteiger partial charge >= 0.3 is 0 Å². The molecule has 0 spiro atoms. The maximum atomic E-state index is 12.5. The topological polar surface area (TPSA) is 92.1 Å². The molecule has 36 heavy (non-hydrogen) atoms. The number of aryl methyl sites for hydroxylation is 1. The van der Waals surface area contributed by atoms with Gasteiger partial charge in [-0.25, -0.2) is 9.97 Å². The van der Waals surface area contributed by atoms with Crippen LogP contribution in [0.25, 0.3) is 11.2 Å². The van der Waals surface area contributed by atoms with Crippen LogP contribution in [0.4, 0.5) is 17.5 Å². The number of hydrogen-bond acceptors (Lipinski definition) is 6. The summed E-state index contributed by atoms with van der Waals surface area (Å²) in [5, 5.41) is 6.36. The molecule has 0 radical (unpaired) electrons. The summed E-state index contributed by atoms with van der Waals surface area (Å²) in [7, 11) is 0. The number of carbonyl (C=O) groups is 2. The zero-order valence-electron chi connectivity index (χ0n) is 21.9. The predicted molar refractivity (Wildman–Crippen MR) is 145 cm³/mol. The number of rotatable bonds is 9. The van der Waals surface area contributed by atoms with Gasteiger partial charge in [0.05, 0.1) is 0 Å². The molecule has 2 aromatic heterocycles. The predicted octanol–water partition coefficient (Wildman–Crippen LogP) is 5.63. The third-order valence-corrected chi connectivity index (χ3v) is 6.40. The Balaban J connectivity index is 1.58. The number of piperidine rings is 1. The number of Topliss-reactive ketones (excluding diaryl/α,β-unsaturated/α-hetero) is 1. The summed E-state index contributed by atoms with van der Waals surface area (Å²) in [5.41, 5.74) is 2.94. The van der Waals surface area contributed by atoms with E-state index in [0.717, 1.165) is 36.4 Å². The van der Waals surface area contributed by atoms with E-state index in [-0.39, 0.29) is 17.1 Å². The fraction of sp³-hybridized carbons (Fsp3) is 0.500. The molecule has 192 valence electrons. The van der Waals surface area contributed by atoms with Crippen LogP contribution in [0.15, 0.2) is 36.4 Å². The lowest BCUT2D eigenvalue weighted by Gasteiger charge is -2.26. The van der Waals surface area contributed by atoms with Crippen molar-refractivity contribution in [3.05, 3.63) is 42.0 Å². The zero-order valence-corrected chi connectivity index (χ0v) is 21.9. The summed E-state index contributed by atoms with van der Waals surface area (Å²) in [6, 6.07) is 11.1. The first-order valence-electron chi connectivity index (χ1n) is 13.0. The molecule has 8 nitrogen and oxygen atoms in total. The van der Waals surface area contributed by atoms with Crippen molar-refractivity contribution in [3.8, 4) is 0 Å². The molecule has 3 aromatic rings. The number of pyridine rings is 1. The molecule has 3 heterocycles. The number of benzene rings is 1. The van der Waals surface area contributed by atoms with Crippen LogP contribution in [0, 0.1) is 5.41 Å². The van der Waals surface area contributed by atoms with Gasteiger partial charge in [-0.15, -0.1) is 0 Å². The van der Waals surface area contributed by atoms with Crippen LogP contribution in [-0.4, -0.2) is 50.8 Å². The third-order valence-electron chi connectivity index (χ3n) is 6.40. The van der Waals surface area contributed by atoms with Crippen molar-refractivity contribution in [2.24, 2.45) is 5.41 Å². The Morgan fingerprint density at radius 3 is 2.33 bits per heavy atom. The molecular weight excluding hydrogens is 452 g/mol. The Labute approximate surface area is 213 Å². The lowest BCUT2D eigenvalue weighted by Crippen LogP contribution is -2.31. The molecular formula is C28H38N6O2. The zero-order chi connectivity index (χ0) is 25.7. The minimum atomic E-state index is -0.0978. The average Bonchev–Trinajstić information content (AvgIpc) is 3.15. The summed E-state index contributed by atoms with van der Waals surface area (Å²) < 4.78 is 2.09. The van der Waals surface area contributed by atoms with Gasteiger partial charge < -0.3 is 15.5 Å². The fourth-order valence-electron chi connectivity index (χ4n) is 4.60. The van der Waals surface area contributed by atoms with Crippen molar-refractivity contribution in [1.82, 2.24) is 19.4 Å². The quantitative estimate of drug-likeness (QED) is 0.378. The molecule has 0 saturated carbocycles. The first-order chi connectivity index (χ1) is 17.2. The maximum absolute atomic E-state index is 12.5. The largest absolute Gasteiger partial charge is 0.326 e. The van der Waals surface area contributed by atoms with Crippen LogP contribution >= 0.6 is 0 Å². The average molecular weight is 491 g/mol. The van der Waals surface area contributed by atoms with E-state index in [1.54, 1.807) is 13.0 Å². The minimum absolute atomic E-state index is 0.0386. The van der Waals surface area contributed by atoms with Crippen molar-refractivity contribution in [1.29, 1.82) is 0 Å². The van der Waals surface area contributed by atoms with Crippen LogP contribution in [-0.2, 0) is 11.3 Å². The Morgan fingerprint density at radius 1 is 0.944 bits per heavy atom. The number of aromatic nitrogens is 3. The van der Waals surface area contributed by atoms with E-state index in [1.165, 1.54) is 32.4 Å². The lowest BCUT2D eigenvalue weighted by molar-refractivity contribution is -0.117. The summed E-state index contributed by atoms with van der Waals surface area (Å²) in [5.74, 6) is 1.22. The van der Waals surface area contributed by atoms with E-state index in [2.05, 4.69) is 20.1 Å². The van der Waals surface area contributed by atoms with Crippen LogP contribution in [0.3, 0.4) is 0 Å². The van der Waals surface area contributed by atoms with Gasteiger partial charge in [0, 0.05) is 24.2 Å². The van der Waals surface area contributed by atoms with E-state index >= 15 is 0 Å². The number of imidazole rings is 1. The second kappa shape index (κ2) is 11.2. The molecule has 8 heteroatoms. The van der Waals surface area contributed by atoms with Gasteiger partial charge in [0.25, 0.3) is 0 Å². The second-order valence-corrected chi connectivity index (χ2v) is 10.9. The Bertz CT molecular complexity index is 1200. The monoisotopic (exact) mass is 490 g/mol. The van der Waals surface area contributed by atoms with Gasteiger partial charge in [0.1, 0.15) is 11.3 Å².